The van der Waals surface area contributed by atoms with Gasteiger partial charge in [-0.05, 0) is 46.5 Å². The molecule has 43 heavy (non-hydrogen) atoms. The number of thioether (sulfide) groups is 1. The highest BCUT2D eigenvalue weighted by atomic mass is 32.2. The Morgan fingerprint density at radius 3 is 2.30 bits per heavy atom. The number of aliphatic hydroxyl groups excluding tert-OH is 1. The van der Waals surface area contributed by atoms with Gasteiger partial charge in [0, 0.05) is 5.75 Å². The van der Waals surface area contributed by atoms with E-state index in [0.29, 0.717) is 25.8 Å². The smallest absolute Gasteiger partial charge is 0.296 e. The van der Waals surface area contributed by atoms with Crippen LogP contribution in [0.25, 0.3) is 21.5 Å². The van der Waals surface area contributed by atoms with Crippen LogP contribution in [0, 0.1) is 13.8 Å². The van der Waals surface area contributed by atoms with Crippen molar-refractivity contribution >= 4 is 72.8 Å². The second-order valence-electron chi connectivity index (χ2n) is 10.2. The van der Waals surface area contributed by atoms with Crippen molar-refractivity contribution < 1.29 is 14.7 Å². The van der Waals surface area contributed by atoms with E-state index in [-0.39, 0.29) is 5.57 Å². The van der Waals surface area contributed by atoms with Crippen molar-refractivity contribution in [3.05, 3.63) is 123 Å². The minimum Gasteiger partial charge on any atom is -0.503 e. The van der Waals surface area contributed by atoms with Crippen LogP contribution in [0.4, 0.5) is 5.13 Å². The van der Waals surface area contributed by atoms with Gasteiger partial charge in [-0.25, -0.2) is 4.98 Å². The topological polar surface area (TPSA) is 96.3 Å². The van der Waals surface area contributed by atoms with Gasteiger partial charge in [0.05, 0.1) is 27.2 Å². The summed E-state index contributed by atoms with van der Waals surface area (Å²) in [6.07, 6.45) is 0. The fourth-order valence-corrected chi connectivity index (χ4v) is 8.34. The fraction of sp³-hybridized carbons (Fsp3) is 0.121. The lowest BCUT2D eigenvalue weighted by Crippen LogP contribution is -2.31. The molecular weight excluding hydrogens is 597 g/mol. The summed E-state index contributed by atoms with van der Waals surface area (Å²) in [6.45, 7) is 3.59. The number of rotatable bonds is 7. The van der Waals surface area contributed by atoms with Crippen molar-refractivity contribution in [1.29, 1.82) is 0 Å². The second kappa shape index (κ2) is 11.0. The number of carbonyl (C=O) groups excluding carboxylic acids is 2. The van der Waals surface area contributed by atoms with Gasteiger partial charge in [-0.2, -0.15) is 0 Å². The molecule has 0 radical (unpaired) electrons. The van der Waals surface area contributed by atoms with Crippen LogP contribution in [0.5, 0.6) is 0 Å². The van der Waals surface area contributed by atoms with Crippen molar-refractivity contribution in [1.82, 2.24) is 15.2 Å². The average Bonchev–Trinajstić information content (AvgIpc) is 3.70. The maximum atomic E-state index is 14.0. The van der Waals surface area contributed by atoms with Crippen LogP contribution in [0.15, 0.2) is 101 Å². The first kappa shape index (κ1) is 27.5. The van der Waals surface area contributed by atoms with Crippen molar-refractivity contribution in [2.45, 2.75) is 30.0 Å². The van der Waals surface area contributed by atoms with Gasteiger partial charge in [0.25, 0.3) is 5.91 Å². The minimum atomic E-state index is -0.892. The fourth-order valence-electron chi connectivity index (χ4n) is 5.60. The number of aryl methyl sites for hydroxylation is 2. The van der Waals surface area contributed by atoms with Gasteiger partial charge in [-0.15, -0.1) is 21.5 Å². The predicted molar refractivity (Wildman–Crippen MR) is 173 cm³/mol. The van der Waals surface area contributed by atoms with E-state index < -0.39 is 23.5 Å². The molecule has 4 aromatic carbocycles. The molecule has 1 atom stereocenters. The molecule has 7 nitrogen and oxygen atoms in total. The van der Waals surface area contributed by atoms with Gasteiger partial charge in [-0.3, -0.25) is 14.5 Å². The lowest BCUT2D eigenvalue weighted by molar-refractivity contribution is -0.117. The number of aromatic nitrogens is 3. The van der Waals surface area contributed by atoms with E-state index in [9.17, 15) is 14.7 Å². The molecule has 1 aliphatic heterocycles. The minimum absolute atomic E-state index is 0.0215. The summed E-state index contributed by atoms with van der Waals surface area (Å²) in [6, 6.07) is 27.1. The molecule has 1 amide bonds. The van der Waals surface area contributed by atoms with Crippen LogP contribution in [0.3, 0.4) is 0 Å². The Morgan fingerprint density at radius 2 is 1.56 bits per heavy atom. The highest BCUT2D eigenvalue weighted by Crippen LogP contribution is 2.46. The van der Waals surface area contributed by atoms with Crippen LogP contribution in [0.2, 0.25) is 0 Å². The average molecular weight is 621 g/mol. The maximum Gasteiger partial charge on any atom is 0.296 e. The third kappa shape index (κ3) is 4.81. The molecule has 0 spiro atoms. The van der Waals surface area contributed by atoms with Gasteiger partial charge < -0.3 is 5.11 Å². The molecule has 3 heterocycles. The number of thiazole rings is 1. The van der Waals surface area contributed by atoms with Crippen LogP contribution in [-0.2, 0) is 10.5 Å². The number of fused-ring (bicyclic) bond motifs is 2. The second-order valence-corrected chi connectivity index (χ2v) is 13.5. The highest BCUT2D eigenvalue weighted by Gasteiger charge is 2.47. The van der Waals surface area contributed by atoms with Gasteiger partial charge in [-0.1, -0.05) is 108 Å². The molecular formula is C33H24N4O3S3. The van der Waals surface area contributed by atoms with Crippen molar-refractivity contribution in [2.75, 3.05) is 4.90 Å². The van der Waals surface area contributed by atoms with Gasteiger partial charge in [0.1, 0.15) is 0 Å². The number of nitrogens with zero attached hydrogens (tertiary/aromatic N) is 4. The zero-order valence-corrected chi connectivity index (χ0v) is 25.6. The number of Topliss-reactive ketones (excluding diaryl/α,β-unsaturated/α-hetero) is 1. The number of hydrogen-bond donors (Lipinski definition) is 1. The number of hydrogen-bond acceptors (Lipinski definition) is 9. The zero-order valence-electron chi connectivity index (χ0n) is 23.1. The standard InChI is InChI=1S/C33H24N4O3S3/c1-18-30(42-19(2)34-18)28(38)26-27(25-16-8-12-21-10-4-6-15-24(21)25)37(31(40)29(26)39)32-35-36-33(43-32)41-17-22-13-7-11-20-9-3-5-14-23(20)22/h3-16,27,39H,17H2,1-2H3. The normalized spacial score (nSPS) is 15.3. The van der Waals surface area contributed by atoms with Gasteiger partial charge in [0.15, 0.2) is 10.1 Å². The molecule has 0 saturated heterocycles. The summed E-state index contributed by atoms with van der Waals surface area (Å²) < 4.78 is 0.681. The molecule has 6 aromatic rings. The summed E-state index contributed by atoms with van der Waals surface area (Å²) in [5.41, 5.74) is 2.48. The Bertz CT molecular complexity index is 2090. The Kier molecular flexibility index (Phi) is 7.04. The molecule has 1 aliphatic rings. The van der Waals surface area contributed by atoms with Crippen LogP contribution >= 0.6 is 34.4 Å². The third-order valence-corrected chi connectivity index (χ3v) is 10.7. The number of anilines is 1. The van der Waals surface area contributed by atoms with Crippen molar-refractivity contribution in [3.8, 4) is 0 Å². The molecule has 0 aliphatic carbocycles. The maximum absolute atomic E-state index is 14.0. The predicted octanol–water partition coefficient (Wildman–Crippen LogP) is 7.99. The lowest BCUT2D eigenvalue weighted by Gasteiger charge is -2.25. The summed E-state index contributed by atoms with van der Waals surface area (Å²) in [4.78, 5) is 34.1. The quantitative estimate of drug-likeness (QED) is 0.110. The van der Waals surface area contributed by atoms with E-state index in [2.05, 4.69) is 39.4 Å². The summed E-state index contributed by atoms with van der Waals surface area (Å²) >= 11 is 4.06. The first-order valence-corrected chi connectivity index (χ1v) is 16.2. The SMILES string of the molecule is Cc1nc(C)c(C(=O)C2=C(O)C(=O)N(c3nnc(SCc4cccc5ccccc45)s3)C2c2cccc3ccccc23)s1. The molecule has 7 rings (SSSR count). The molecule has 10 heteroatoms. The van der Waals surface area contributed by atoms with Gasteiger partial charge >= 0.3 is 0 Å². The molecule has 0 saturated carbocycles. The van der Waals surface area contributed by atoms with E-state index in [1.54, 1.807) is 6.92 Å². The summed E-state index contributed by atoms with van der Waals surface area (Å²) in [5.74, 6) is -0.992. The first-order chi connectivity index (χ1) is 20.9. The van der Waals surface area contributed by atoms with E-state index in [1.165, 1.54) is 55.7 Å². The third-order valence-electron chi connectivity index (χ3n) is 7.51. The van der Waals surface area contributed by atoms with Crippen LogP contribution < -0.4 is 4.90 Å². The monoisotopic (exact) mass is 620 g/mol. The Hall–Kier alpha value is -4.38. The number of benzene rings is 4. The zero-order chi connectivity index (χ0) is 29.7. The van der Waals surface area contributed by atoms with Crippen molar-refractivity contribution in [2.24, 2.45) is 0 Å². The molecule has 212 valence electrons. The number of carbonyl (C=O) groups is 2. The lowest BCUT2D eigenvalue weighted by atomic mass is 9.91. The Morgan fingerprint density at radius 1 is 0.884 bits per heavy atom. The Balaban J connectivity index is 1.29. The summed E-state index contributed by atoms with van der Waals surface area (Å²) in [7, 11) is 0. The Labute approximate surface area is 259 Å². The number of amides is 1. The van der Waals surface area contributed by atoms with E-state index in [1.807, 2.05) is 67.6 Å². The molecule has 0 fully saturated rings. The van der Waals surface area contributed by atoms with Crippen molar-refractivity contribution in [3.63, 3.8) is 0 Å². The molecule has 2 aromatic heterocycles. The highest BCUT2D eigenvalue weighted by molar-refractivity contribution is 8.00. The number of ketones is 1. The molecule has 1 unspecified atom stereocenters. The van der Waals surface area contributed by atoms with Crippen LogP contribution in [-0.4, -0.2) is 32.0 Å². The van der Waals surface area contributed by atoms with Gasteiger partial charge in [0.2, 0.25) is 10.9 Å². The first-order valence-electron chi connectivity index (χ1n) is 13.6. The molecule has 0 bridgehead atoms. The van der Waals surface area contributed by atoms with E-state index in [4.69, 9.17) is 0 Å². The summed E-state index contributed by atoms with van der Waals surface area (Å²) in [5, 5.41) is 25.3. The number of aliphatic hydroxyl groups is 1. The molecule has 1 N–H and O–H groups in total. The van der Waals surface area contributed by atoms with Crippen LogP contribution in [0.1, 0.15) is 37.5 Å². The van der Waals surface area contributed by atoms with E-state index >= 15 is 0 Å². The van der Waals surface area contributed by atoms with E-state index in [0.717, 1.165) is 21.3 Å². The largest absolute Gasteiger partial charge is 0.503 e.